The average Bonchev–Trinajstić information content (AvgIpc) is 2.81. The molecule has 0 aliphatic heterocycles. The lowest BCUT2D eigenvalue weighted by Crippen LogP contribution is -2.11. The third kappa shape index (κ3) is 1.50. The maximum absolute atomic E-state index is 13.4. The molecule has 0 aliphatic carbocycles. The molecule has 0 aliphatic rings. The summed E-state index contributed by atoms with van der Waals surface area (Å²) >= 11 is 0. The second-order valence-electron chi connectivity index (χ2n) is 3.52. The first-order chi connectivity index (χ1) is 8.25. The lowest BCUT2D eigenvalue weighted by molar-refractivity contribution is 0.638. The fourth-order valence-electron chi connectivity index (χ4n) is 1.66. The van der Waals surface area contributed by atoms with E-state index in [4.69, 9.17) is 0 Å². The van der Waals surface area contributed by atoms with E-state index in [9.17, 15) is 9.18 Å². The molecule has 84 valence electrons. The fourth-order valence-corrected chi connectivity index (χ4v) is 1.66. The summed E-state index contributed by atoms with van der Waals surface area (Å²) in [6, 6.07) is 6.01. The Morgan fingerprint density at radius 3 is 2.88 bits per heavy atom. The Hall–Kier alpha value is -2.50. The highest BCUT2D eigenvalue weighted by molar-refractivity contribution is 5.79. The summed E-state index contributed by atoms with van der Waals surface area (Å²) in [4.78, 5) is 18.4. The van der Waals surface area contributed by atoms with E-state index in [1.807, 2.05) is 0 Å². The molecular weight excluding hydrogens is 223 g/mol. The fraction of sp³-hybridized carbons (Fsp3) is 0. The summed E-state index contributed by atoms with van der Waals surface area (Å²) in [6.45, 7) is 0. The van der Waals surface area contributed by atoms with Crippen LogP contribution in [0.1, 0.15) is 0 Å². The van der Waals surface area contributed by atoms with Crippen molar-refractivity contribution in [2.24, 2.45) is 0 Å². The number of nitrogens with zero attached hydrogens (tertiary/aromatic N) is 2. The Balaban J connectivity index is 2.36. The van der Waals surface area contributed by atoms with Crippen LogP contribution >= 0.6 is 0 Å². The summed E-state index contributed by atoms with van der Waals surface area (Å²) in [5, 5.41) is 6.42. The molecule has 2 heterocycles. The van der Waals surface area contributed by atoms with Gasteiger partial charge in [-0.2, -0.15) is 5.10 Å². The maximum Gasteiger partial charge on any atom is 0.262 e. The monoisotopic (exact) mass is 230 g/mol. The minimum atomic E-state index is -0.576. The molecule has 0 unspecified atom stereocenters. The van der Waals surface area contributed by atoms with E-state index in [2.05, 4.69) is 20.2 Å². The molecule has 5 nitrogen and oxygen atoms in total. The second kappa shape index (κ2) is 3.51. The number of aromatic amines is 2. The number of benzene rings is 1. The van der Waals surface area contributed by atoms with Crippen LogP contribution in [0, 0.1) is 5.82 Å². The van der Waals surface area contributed by atoms with Crippen molar-refractivity contribution >= 4 is 10.9 Å². The number of halogens is 1. The van der Waals surface area contributed by atoms with Gasteiger partial charge in [-0.3, -0.25) is 9.89 Å². The predicted octanol–water partition coefficient (Wildman–Crippen LogP) is 1.45. The highest BCUT2D eigenvalue weighted by atomic mass is 19.1. The zero-order chi connectivity index (χ0) is 11.8. The van der Waals surface area contributed by atoms with Gasteiger partial charge in [-0.25, -0.2) is 9.37 Å². The summed E-state index contributed by atoms with van der Waals surface area (Å²) in [5.74, 6) is -0.238. The van der Waals surface area contributed by atoms with Crippen molar-refractivity contribution < 1.29 is 4.39 Å². The predicted molar refractivity (Wildman–Crippen MR) is 59.9 cm³/mol. The number of H-pyrrole nitrogens is 2. The van der Waals surface area contributed by atoms with Crippen LogP contribution in [0.3, 0.4) is 0 Å². The molecule has 2 aromatic heterocycles. The van der Waals surface area contributed by atoms with Crippen molar-refractivity contribution in [1.82, 2.24) is 20.2 Å². The number of aromatic nitrogens is 4. The van der Waals surface area contributed by atoms with Crippen LogP contribution in [0.25, 0.3) is 22.4 Å². The van der Waals surface area contributed by atoms with Crippen molar-refractivity contribution in [2.75, 3.05) is 0 Å². The van der Waals surface area contributed by atoms with Gasteiger partial charge < -0.3 is 4.98 Å². The quantitative estimate of drug-likeness (QED) is 0.664. The summed E-state index contributed by atoms with van der Waals surface area (Å²) in [7, 11) is 0. The molecule has 0 bridgehead atoms. The Morgan fingerprint density at radius 1 is 1.24 bits per heavy atom. The number of hydrogen-bond acceptors (Lipinski definition) is 3. The minimum Gasteiger partial charge on any atom is -0.305 e. The second-order valence-corrected chi connectivity index (χ2v) is 3.52. The highest BCUT2D eigenvalue weighted by Gasteiger charge is 2.09. The van der Waals surface area contributed by atoms with E-state index in [-0.39, 0.29) is 5.39 Å². The summed E-state index contributed by atoms with van der Waals surface area (Å²) < 4.78 is 13.4. The molecule has 0 atom stereocenters. The van der Waals surface area contributed by atoms with E-state index in [1.54, 1.807) is 18.3 Å². The third-order valence-electron chi connectivity index (χ3n) is 2.44. The van der Waals surface area contributed by atoms with Crippen LogP contribution in [-0.4, -0.2) is 20.2 Å². The summed E-state index contributed by atoms with van der Waals surface area (Å²) in [6.07, 6.45) is 1.55. The number of rotatable bonds is 1. The smallest absolute Gasteiger partial charge is 0.262 e. The van der Waals surface area contributed by atoms with Gasteiger partial charge in [0, 0.05) is 6.20 Å². The van der Waals surface area contributed by atoms with Crippen LogP contribution < -0.4 is 5.56 Å². The molecule has 0 spiro atoms. The molecular formula is C11H7FN4O. The van der Waals surface area contributed by atoms with Crippen molar-refractivity contribution in [3.8, 4) is 11.5 Å². The Bertz CT molecular complexity index is 733. The van der Waals surface area contributed by atoms with Gasteiger partial charge in [0.15, 0.2) is 5.82 Å². The van der Waals surface area contributed by atoms with Crippen LogP contribution in [0.2, 0.25) is 0 Å². The van der Waals surface area contributed by atoms with Gasteiger partial charge in [0.25, 0.3) is 5.56 Å². The molecule has 1 aromatic carbocycles. The largest absolute Gasteiger partial charge is 0.305 e. The molecule has 0 radical (unpaired) electrons. The number of nitrogens with one attached hydrogen (secondary N) is 2. The van der Waals surface area contributed by atoms with Gasteiger partial charge in [0.2, 0.25) is 0 Å². The average molecular weight is 230 g/mol. The van der Waals surface area contributed by atoms with E-state index in [1.165, 1.54) is 12.1 Å². The van der Waals surface area contributed by atoms with Gasteiger partial charge in [0.05, 0.1) is 5.52 Å². The van der Waals surface area contributed by atoms with Crippen molar-refractivity contribution in [3.05, 3.63) is 46.6 Å². The molecule has 0 saturated heterocycles. The van der Waals surface area contributed by atoms with Crippen molar-refractivity contribution in [3.63, 3.8) is 0 Å². The molecule has 3 rings (SSSR count). The standard InChI is InChI=1S/C11H7FN4O/c12-6-2-1-3-7-9(6)11(17)15-10(14-7)8-4-5-13-16-8/h1-5H,(H,13,16)(H,14,15,17). The minimum absolute atomic E-state index is 0.0317. The van der Waals surface area contributed by atoms with E-state index < -0.39 is 11.4 Å². The first-order valence-electron chi connectivity index (χ1n) is 4.94. The van der Waals surface area contributed by atoms with Crippen LogP contribution in [0.5, 0.6) is 0 Å². The maximum atomic E-state index is 13.4. The van der Waals surface area contributed by atoms with Crippen molar-refractivity contribution in [1.29, 1.82) is 0 Å². The van der Waals surface area contributed by atoms with Gasteiger partial charge in [-0.15, -0.1) is 0 Å². The third-order valence-corrected chi connectivity index (χ3v) is 2.44. The van der Waals surface area contributed by atoms with E-state index >= 15 is 0 Å². The molecule has 0 saturated carbocycles. The zero-order valence-corrected chi connectivity index (χ0v) is 8.57. The van der Waals surface area contributed by atoms with Crippen LogP contribution in [0.4, 0.5) is 4.39 Å². The first-order valence-corrected chi connectivity index (χ1v) is 4.94. The zero-order valence-electron chi connectivity index (χ0n) is 8.57. The number of fused-ring (bicyclic) bond motifs is 1. The Labute approximate surface area is 94.3 Å². The molecule has 0 amide bonds. The number of hydrogen-bond donors (Lipinski definition) is 2. The van der Waals surface area contributed by atoms with Gasteiger partial charge >= 0.3 is 0 Å². The van der Waals surface area contributed by atoms with Crippen molar-refractivity contribution in [2.45, 2.75) is 0 Å². The van der Waals surface area contributed by atoms with E-state index in [0.717, 1.165) is 0 Å². The molecule has 17 heavy (non-hydrogen) atoms. The lowest BCUT2D eigenvalue weighted by atomic mass is 10.2. The summed E-state index contributed by atoms with van der Waals surface area (Å²) in [5.41, 5.74) is 0.393. The highest BCUT2D eigenvalue weighted by Crippen LogP contribution is 2.15. The van der Waals surface area contributed by atoms with Crippen LogP contribution in [-0.2, 0) is 0 Å². The van der Waals surface area contributed by atoms with Gasteiger partial charge in [0.1, 0.15) is 16.9 Å². The molecule has 0 fully saturated rings. The van der Waals surface area contributed by atoms with Crippen LogP contribution in [0.15, 0.2) is 35.3 Å². The van der Waals surface area contributed by atoms with Gasteiger partial charge in [-0.05, 0) is 18.2 Å². The first kappa shape index (κ1) is 9.71. The molecule has 6 heteroatoms. The lowest BCUT2D eigenvalue weighted by Gasteiger charge is -2.01. The van der Waals surface area contributed by atoms with E-state index in [0.29, 0.717) is 17.0 Å². The van der Waals surface area contributed by atoms with Gasteiger partial charge in [-0.1, -0.05) is 6.07 Å². The Kier molecular flexibility index (Phi) is 2.01. The molecule has 3 aromatic rings. The Morgan fingerprint density at radius 2 is 2.12 bits per heavy atom. The molecule has 2 N–H and O–H groups in total. The SMILES string of the molecule is O=c1[nH]c(-c2ccn[nH]2)nc2cccc(F)c12. The topological polar surface area (TPSA) is 74.4 Å². The normalized spacial score (nSPS) is 10.9.